The third-order valence-electron chi connectivity index (χ3n) is 5.12. The summed E-state index contributed by atoms with van der Waals surface area (Å²) in [6.07, 6.45) is 8.15. The van der Waals surface area contributed by atoms with E-state index >= 15 is 0 Å². The molecule has 140 valence electrons. The Kier molecular flexibility index (Phi) is 5.00. The predicted molar refractivity (Wildman–Crippen MR) is 109 cm³/mol. The van der Waals surface area contributed by atoms with Crippen LogP contribution < -0.4 is 0 Å². The molecule has 3 aromatic rings. The summed E-state index contributed by atoms with van der Waals surface area (Å²) in [5, 5.41) is 0. The van der Waals surface area contributed by atoms with Crippen LogP contribution >= 0.6 is 0 Å². The Morgan fingerprint density at radius 3 is 2.29 bits per heavy atom. The molecular formula is C23H23N4O+. The van der Waals surface area contributed by atoms with E-state index in [2.05, 4.69) is 41.2 Å². The molecule has 1 aromatic heterocycles. The molecule has 28 heavy (non-hydrogen) atoms. The summed E-state index contributed by atoms with van der Waals surface area (Å²) in [4.78, 5) is 22.4. The number of allylic oxidation sites excluding steroid dienone is 2. The Morgan fingerprint density at radius 2 is 1.68 bits per heavy atom. The lowest BCUT2D eigenvalue weighted by Crippen LogP contribution is -2.51. The van der Waals surface area contributed by atoms with Crippen molar-refractivity contribution < 1.29 is 9.28 Å². The maximum Gasteiger partial charge on any atom is 0.439 e. The fourth-order valence-electron chi connectivity index (χ4n) is 3.69. The maximum atomic E-state index is 13.7. The summed E-state index contributed by atoms with van der Waals surface area (Å²) in [7, 11) is 0. The molecule has 2 heterocycles. The summed E-state index contributed by atoms with van der Waals surface area (Å²) < 4.78 is 1.61. The second-order valence-electron chi connectivity index (χ2n) is 6.92. The van der Waals surface area contributed by atoms with Crippen molar-refractivity contribution in [3.05, 3.63) is 102 Å². The largest absolute Gasteiger partial charge is 0.439 e. The fourth-order valence-corrected chi connectivity index (χ4v) is 3.69. The number of carbonyl (C=O) groups excluding carboxylic acids is 1. The number of nitrogens with zero attached hydrogens (tertiary/aromatic N) is 4. The van der Waals surface area contributed by atoms with E-state index in [1.165, 1.54) is 5.56 Å². The van der Waals surface area contributed by atoms with Crippen LogP contribution in [0.4, 0.5) is 4.79 Å². The van der Waals surface area contributed by atoms with Crippen molar-refractivity contribution in [1.29, 1.82) is 0 Å². The molecule has 0 bridgehead atoms. The number of aromatic nitrogens is 2. The number of carbonyl (C=O) groups is 1. The van der Waals surface area contributed by atoms with Crippen molar-refractivity contribution in [1.82, 2.24) is 9.55 Å². The molecule has 5 heteroatoms. The summed E-state index contributed by atoms with van der Waals surface area (Å²) >= 11 is 0. The van der Waals surface area contributed by atoms with E-state index in [4.69, 9.17) is 0 Å². The Labute approximate surface area is 164 Å². The molecule has 0 saturated heterocycles. The minimum atomic E-state index is -0.0699. The lowest BCUT2D eigenvalue weighted by atomic mass is 10.0. The molecule has 1 aliphatic heterocycles. The maximum absolute atomic E-state index is 13.7. The van der Waals surface area contributed by atoms with E-state index in [-0.39, 0.29) is 10.5 Å². The summed E-state index contributed by atoms with van der Waals surface area (Å²) in [5.74, 6) is 0. The Hall–Kier alpha value is -3.31. The third-order valence-corrected chi connectivity index (χ3v) is 5.12. The van der Waals surface area contributed by atoms with E-state index < -0.39 is 0 Å². The second kappa shape index (κ2) is 7.74. The zero-order chi connectivity index (χ0) is 19.4. The van der Waals surface area contributed by atoms with E-state index in [0.717, 1.165) is 23.4 Å². The van der Waals surface area contributed by atoms with E-state index in [9.17, 15) is 4.79 Å². The average Bonchev–Trinajstić information content (AvgIpc) is 3.39. The highest BCUT2D eigenvalue weighted by Crippen LogP contribution is 2.34. The quantitative estimate of drug-likeness (QED) is 0.606. The molecule has 0 N–H and O–H groups in total. The molecule has 1 aliphatic rings. The number of quaternary nitrogens is 1. The molecule has 0 aliphatic carbocycles. The molecule has 2 aromatic carbocycles. The van der Waals surface area contributed by atoms with Crippen molar-refractivity contribution in [3.8, 4) is 0 Å². The topological polar surface area (TPSA) is 47.2 Å². The van der Waals surface area contributed by atoms with Gasteiger partial charge in [0.05, 0.1) is 6.42 Å². The van der Waals surface area contributed by atoms with Gasteiger partial charge in [0.25, 0.3) is 0 Å². The van der Waals surface area contributed by atoms with Crippen LogP contribution in [0.2, 0.25) is 0 Å². The zero-order valence-electron chi connectivity index (χ0n) is 15.9. The molecule has 5 nitrogen and oxygen atoms in total. The van der Waals surface area contributed by atoms with Gasteiger partial charge in [0, 0.05) is 18.0 Å². The van der Waals surface area contributed by atoms with Crippen molar-refractivity contribution in [3.63, 3.8) is 0 Å². The van der Waals surface area contributed by atoms with Gasteiger partial charge in [-0.15, -0.1) is 0 Å². The van der Waals surface area contributed by atoms with Crippen LogP contribution in [0.3, 0.4) is 0 Å². The lowest BCUT2D eigenvalue weighted by Gasteiger charge is -2.30. The van der Waals surface area contributed by atoms with E-state index in [1.807, 2.05) is 36.4 Å². The smallest absolute Gasteiger partial charge is 0.245 e. The van der Waals surface area contributed by atoms with Crippen molar-refractivity contribution in [2.24, 2.45) is 4.99 Å². The molecular weight excluding hydrogens is 348 g/mol. The van der Waals surface area contributed by atoms with Gasteiger partial charge < -0.3 is 0 Å². The molecule has 0 spiro atoms. The highest BCUT2D eigenvalue weighted by atomic mass is 16.2. The van der Waals surface area contributed by atoms with E-state index in [0.29, 0.717) is 13.0 Å². The minimum Gasteiger partial charge on any atom is -0.245 e. The lowest BCUT2D eigenvalue weighted by molar-refractivity contribution is -0.723. The van der Waals surface area contributed by atoms with Gasteiger partial charge in [0.1, 0.15) is 18.6 Å². The van der Waals surface area contributed by atoms with Crippen molar-refractivity contribution in [2.75, 3.05) is 0 Å². The fraction of sp³-hybridized carbons (Fsp3) is 0.174. The van der Waals surface area contributed by atoms with Crippen LogP contribution in [0.25, 0.3) is 0 Å². The second-order valence-corrected chi connectivity index (χ2v) is 6.92. The summed E-state index contributed by atoms with van der Waals surface area (Å²) in [6, 6.07) is 20.3. The molecule has 0 saturated carbocycles. The number of hydrogen-bond donors (Lipinski definition) is 0. The first-order chi connectivity index (χ1) is 13.7. The Balaban J connectivity index is 1.82. The molecule has 4 rings (SSSR count). The third kappa shape index (κ3) is 3.32. The Morgan fingerprint density at radius 1 is 1.00 bits per heavy atom. The van der Waals surface area contributed by atoms with Gasteiger partial charge in [0.15, 0.2) is 5.70 Å². The number of amides is 1. The number of aliphatic imine (C=N–C) groups is 1. The van der Waals surface area contributed by atoms with Gasteiger partial charge in [-0.05, 0) is 12.0 Å². The highest BCUT2D eigenvalue weighted by Gasteiger charge is 2.46. The van der Waals surface area contributed by atoms with Crippen LogP contribution in [0, 0.1) is 0 Å². The number of hydrogen-bond acceptors (Lipinski definition) is 3. The van der Waals surface area contributed by atoms with Gasteiger partial charge in [-0.1, -0.05) is 67.6 Å². The van der Waals surface area contributed by atoms with Crippen molar-refractivity contribution >= 4 is 12.4 Å². The van der Waals surface area contributed by atoms with Gasteiger partial charge in [-0.3, -0.25) is 0 Å². The molecule has 1 amide bonds. The summed E-state index contributed by atoms with van der Waals surface area (Å²) in [6.45, 7) is 2.61. The number of benzene rings is 2. The predicted octanol–water partition coefficient (Wildman–Crippen LogP) is 4.77. The van der Waals surface area contributed by atoms with Gasteiger partial charge in [-0.2, -0.15) is 4.48 Å². The first kappa shape index (κ1) is 18.1. The Bertz CT molecular complexity index is 1010. The molecule has 1 atom stereocenters. The van der Waals surface area contributed by atoms with Crippen LogP contribution in [-0.4, -0.2) is 26.4 Å². The summed E-state index contributed by atoms with van der Waals surface area (Å²) in [5.41, 5.74) is 4.26. The van der Waals surface area contributed by atoms with Crippen molar-refractivity contribution in [2.45, 2.75) is 26.3 Å². The first-order valence-electron chi connectivity index (χ1n) is 9.49. The van der Waals surface area contributed by atoms with Gasteiger partial charge >= 0.3 is 6.03 Å². The monoisotopic (exact) mass is 371 g/mol. The standard InChI is InChI=1S/C23H23N4O/c1-2-21-22(15-19-9-5-3-6-10-19)27(18-25-21,16-20-11-7-4-8-12-20)23(28)26-14-13-24-17-26/h3-14,17-18H,2,15-16H2,1H3/q+1. The van der Waals surface area contributed by atoms with Crippen LogP contribution in [0.15, 0.2) is 95.8 Å². The van der Waals surface area contributed by atoms with Crippen LogP contribution in [0.1, 0.15) is 24.5 Å². The van der Waals surface area contributed by atoms with Gasteiger partial charge in [0.2, 0.25) is 6.34 Å². The first-order valence-corrected chi connectivity index (χ1v) is 9.49. The number of imidazole rings is 1. The normalized spacial score (nSPS) is 18.6. The molecule has 0 fully saturated rings. The van der Waals surface area contributed by atoms with E-state index in [1.54, 1.807) is 29.6 Å². The SMILES string of the molecule is CCC1=C(Cc2ccccc2)[N+](Cc2ccccc2)(C(=O)n2ccnc2)C=N1. The molecule has 0 radical (unpaired) electrons. The van der Waals surface area contributed by atoms with Crippen LogP contribution in [-0.2, 0) is 13.0 Å². The number of rotatable bonds is 5. The highest BCUT2D eigenvalue weighted by molar-refractivity contribution is 5.81. The van der Waals surface area contributed by atoms with Gasteiger partial charge in [-0.25, -0.2) is 19.3 Å². The zero-order valence-corrected chi connectivity index (χ0v) is 15.9. The minimum absolute atomic E-state index is 0.0540. The molecule has 1 unspecified atom stereocenters. The van der Waals surface area contributed by atoms with Crippen LogP contribution in [0.5, 0.6) is 0 Å². The average molecular weight is 371 g/mol.